The molecule has 254 valence electrons. The number of piperazine rings is 1. The number of aromatic nitrogens is 4. The predicted molar refractivity (Wildman–Crippen MR) is 200 cm³/mol. The van der Waals surface area contributed by atoms with Crippen LogP contribution >= 0.6 is 23.2 Å². The lowest BCUT2D eigenvalue weighted by molar-refractivity contribution is 0.102. The molecule has 0 aliphatic carbocycles. The topological polar surface area (TPSA) is 102 Å². The number of halogens is 2. The van der Waals surface area contributed by atoms with Crippen LogP contribution in [-0.2, 0) is 0 Å². The van der Waals surface area contributed by atoms with Crippen molar-refractivity contribution in [2.45, 2.75) is 13.0 Å². The van der Waals surface area contributed by atoms with Crippen LogP contribution < -0.4 is 10.2 Å². The summed E-state index contributed by atoms with van der Waals surface area (Å²) >= 11 is 12.7. The summed E-state index contributed by atoms with van der Waals surface area (Å²) in [5.74, 6) is 0.304. The summed E-state index contributed by atoms with van der Waals surface area (Å²) < 4.78 is 2.10. The molecule has 1 aliphatic rings. The number of urea groups is 1. The normalized spacial score (nSPS) is 13.8. The number of H-pyrrole nitrogens is 1. The zero-order valence-corrected chi connectivity index (χ0v) is 29.4. The van der Waals surface area contributed by atoms with Crippen molar-refractivity contribution < 1.29 is 9.59 Å². The number of hydrogen-bond acceptors (Lipinski definition) is 5. The van der Waals surface area contributed by atoms with Gasteiger partial charge in [0.1, 0.15) is 5.69 Å². The van der Waals surface area contributed by atoms with Gasteiger partial charge in [0, 0.05) is 78.5 Å². The number of carbonyl (C=O) groups excluding carboxylic acids is 2. The highest BCUT2D eigenvalue weighted by atomic mass is 35.5. The molecule has 50 heavy (non-hydrogen) atoms. The van der Waals surface area contributed by atoms with Crippen LogP contribution in [0.5, 0.6) is 0 Å². The maximum absolute atomic E-state index is 14.5. The summed E-state index contributed by atoms with van der Waals surface area (Å²) in [7, 11) is 3.50. The van der Waals surface area contributed by atoms with Crippen LogP contribution in [0.4, 0.5) is 16.3 Å². The highest BCUT2D eigenvalue weighted by Crippen LogP contribution is 2.41. The highest BCUT2D eigenvalue weighted by molar-refractivity contribution is 6.31. The number of nitrogens with one attached hydrogen (secondary N) is 2. The standard InChI is InChI=1S/C38H36Cl2N8O2/c1-24(25-11-13-27(39)14-12-25)48-23-42-33(26-8-5-4-6-9-26)35(48)32-29-16-15-28(40)22-31(29)43-34(32)37(49)44-30-10-7-17-41-36(30)46-18-20-47(21-19-46)38(50)45(2)3/h4-17,22-24,43H,18-21H2,1-3H3,(H,44,49). The zero-order chi connectivity index (χ0) is 34.9. The van der Waals surface area contributed by atoms with Gasteiger partial charge in [-0.3, -0.25) is 4.79 Å². The highest BCUT2D eigenvalue weighted by Gasteiger charge is 2.29. The molecule has 10 nitrogen and oxygen atoms in total. The molecular weight excluding hydrogens is 671 g/mol. The summed E-state index contributed by atoms with van der Waals surface area (Å²) in [5, 5.41) is 5.19. The predicted octanol–water partition coefficient (Wildman–Crippen LogP) is 8.07. The molecule has 3 aromatic heterocycles. The third-order valence-corrected chi connectivity index (χ3v) is 9.59. The maximum atomic E-state index is 14.5. The van der Waals surface area contributed by atoms with Gasteiger partial charge in [0.2, 0.25) is 0 Å². The monoisotopic (exact) mass is 706 g/mol. The lowest BCUT2D eigenvalue weighted by atomic mass is 9.99. The van der Waals surface area contributed by atoms with Gasteiger partial charge >= 0.3 is 6.03 Å². The molecule has 3 aromatic carbocycles. The number of imidazole rings is 1. The third kappa shape index (κ3) is 6.39. The van der Waals surface area contributed by atoms with Crippen molar-refractivity contribution in [3.8, 4) is 22.5 Å². The van der Waals surface area contributed by atoms with Crippen LogP contribution in [0.3, 0.4) is 0 Å². The van der Waals surface area contributed by atoms with E-state index in [-0.39, 0.29) is 18.0 Å². The molecule has 1 atom stereocenters. The van der Waals surface area contributed by atoms with Gasteiger partial charge in [-0.1, -0.05) is 71.7 Å². The van der Waals surface area contributed by atoms with Crippen molar-refractivity contribution in [2.24, 2.45) is 0 Å². The Morgan fingerprint density at radius 3 is 2.32 bits per heavy atom. The van der Waals surface area contributed by atoms with Gasteiger partial charge in [0.05, 0.1) is 29.4 Å². The largest absolute Gasteiger partial charge is 0.351 e. The number of anilines is 2. The van der Waals surface area contributed by atoms with Crippen LogP contribution in [0.2, 0.25) is 10.0 Å². The van der Waals surface area contributed by atoms with E-state index in [1.165, 1.54) is 0 Å². The number of fused-ring (bicyclic) bond motifs is 1. The summed E-state index contributed by atoms with van der Waals surface area (Å²) in [6.45, 7) is 4.36. The second-order valence-electron chi connectivity index (χ2n) is 12.5. The van der Waals surface area contributed by atoms with Crippen molar-refractivity contribution in [3.63, 3.8) is 0 Å². The number of amides is 3. The van der Waals surface area contributed by atoms with Crippen molar-refractivity contribution in [3.05, 3.63) is 119 Å². The van der Waals surface area contributed by atoms with E-state index in [2.05, 4.69) is 31.7 Å². The quantitative estimate of drug-likeness (QED) is 0.175. The van der Waals surface area contributed by atoms with E-state index in [1.54, 1.807) is 31.3 Å². The number of rotatable bonds is 7. The third-order valence-electron chi connectivity index (χ3n) is 9.10. The summed E-state index contributed by atoms with van der Waals surface area (Å²) in [4.78, 5) is 45.6. The van der Waals surface area contributed by atoms with Gasteiger partial charge in [0.15, 0.2) is 5.82 Å². The number of carbonyl (C=O) groups is 2. The molecule has 6 aromatic rings. The number of aromatic amines is 1. The first kappa shape index (κ1) is 33.2. The zero-order valence-electron chi connectivity index (χ0n) is 27.9. The molecule has 0 radical (unpaired) electrons. The Balaban J connectivity index is 1.32. The minimum absolute atomic E-state index is 0.0230. The molecule has 7 rings (SSSR count). The Kier molecular flexibility index (Phi) is 9.22. The van der Waals surface area contributed by atoms with E-state index in [0.29, 0.717) is 59.0 Å². The molecule has 1 aliphatic heterocycles. The average Bonchev–Trinajstić information content (AvgIpc) is 3.73. The van der Waals surface area contributed by atoms with Gasteiger partial charge in [-0.05, 0) is 48.9 Å². The molecule has 0 bridgehead atoms. The minimum atomic E-state index is -0.339. The summed E-state index contributed by atoms with van der Waals surface area (Å²) in [6.07, 6.45) is 3.54. The number of nitrogens with zero attached hydrogens (tertiary/aromatic N) is 6. The minimum Gasteiger partial charge on any atom is -0.351 e. The van der Waals surface area contributed by atoms with Crippen LogP contribution in [0.25, 0.3) is 33.4 Å². The Morgan fingerprint density at radius 1 is 0.880 bits per heavy atom. The molecule has 0 spiro atoms. The number of hydrogen-bond donors (Lipinski definition) is 2. The summed E-state index contributed by atoms with van der Waals surface area (Å²) in [5.41, 5.74) is 5.83. The fourth-order valence-electron chi connectivity index (χ4n) is 6.52. The van der Waals surface area contributed by atoms with Gasteiger partial charge in [-0.25, -0.2) is 14.8 Å². The molecule has 12 heteroatoms. The first-order valence-corrected chi connectivity index (χ1v) is 17.1. The van der Waals surface area contributed by atoms with Gasteiger partial charge < -0.3 is 29.6 Å². The molecular formula is C38H36Cl2N8O2. The van der Waals surface area contributed by atoms with Crippen LogP contribution in [-0.4, -0.2) is 81.5 Å². The Morgan fingerprint density at radius 2 is 1.60 bits per heavy atom. The molecule has 3 amide bonds. The van der Waals surface area contributed by atoms with E-state index in [9.17, 15) is 9.59 Å². The van der Waals surface area contributed by atoms with E-state index < -0.39 is 0 Å². The summed E-state index contributed by atoms with van der Waals surface area (Å²) in [6, 6.07) is 26.8. The molecule has 1 fully saturated rings. The van der Waals surface area contributed by atoms with Gasteiger partial charge in [0.25, 0.3) is 5.91 Å². The fraction of sp³-hybridized carbons (Fsp3) is 0.211. The van der Waals surface area contributed by atoms with E-state index >= 15 is 0 Å². The second kappa shape index (κ2) is 13.9. The number of pyridine rings is 1. The Bertz CT molecular complexity index is 2170. The van der Waals surface area contributed by atoms with Crippen LogP contribution in [0.15, 0.2) is 97.5 Å². The lowest BCUT2D eigenvalue weighted by Crippen LogP contribution is -2.51. The average molecular weight is 708 g/mol. The second-order valence-corrected chi connectivity index (χ2v) is 13.4. The smallest absolute Gasteiger partial charge is 0.319 e. The number of benzene rings is 3. The molecule has 1 unspecified atom stereocenters. The molecule has 4 heterocycles. The Hall–Kier alpha value is -5.32. The maximum Gasteiger partial charge on any atom is 0.319 e. The van der Waals surface area contributed by atoms with Gasteiger partial charge in [-0.2, -0.15) is 0 Å². The van der Waals surface area contributed by atoms with Crippen LogP contribution in [0.1, 0.15) is 29.0 Å². The molecule has 1 saturated heterocycles. The van der Waals surface area contributed by atoms with E-state index in [4.69, 9.17) is 28.2 Å². The van der Waals surface area contributed by atoms with E-state index in [0.717, 1.165) is 33.4 Å². The first-order valence-electron chi connectivity index (χ1n) is 16.4. The lowest BCUT2D eigenvalue weighted by Gasteiger charge is -2.37. The fourth-order valence-corrected chi connectivity index (χ4v) is 6.82. The van der Waals surface area contributed by atoms with Crippen molar-refractivity contribution in [1.29, 1.82) is 0 Å². The molecule has 0 saturated carbocycles. The van der Waals surface area contributed by atoms with Gasteiger partial charge in [-0.15, -0.1) is 0 Å². The van der Waals surface area contributed by atoms with E-state index in [1.807, 2.05) is 90.1 Å². The first-order chi connectivity index (χ1) is 24.2. The van der Waals surface area contributed by atoms with Crippen molar-refractivity contribution in [1.82, 2.24) is 29.3 Å². The van der Waals surface area contributed by atoms with Crippen molar-refractivity contribution in [2.75, 3.05) is 50.5 Å². The van der Waals surface area contributed by atoms with Crippen molar-refractivity contribution >= 4 is 57.5 Å². The van der Waals surface area contributed by atoms with Crippen LogP contribution in [0, 0.1) is 0 Å². The SMILES string of the molecule is CC(c1ccc(Cl)cc1)n1cnc(-c2ccccc2)c1-c1c(C(=O)Nc2cccnc2N2CCN(C(=O)N(C)C)CC2)[nH]c2cc(Cl)ccc12. The molecule has 2 N–H and O–H groups in total. The Labute approximate surface area is 300 Å².